The summed E-state index contributed by atoms with van der Waals surface area (Å²) in [6.07, 6.45) is 3.01. The number of rotatable bonds is 10. The van der Waals surface area contributed by atoms with Crippen LogP contribution >= 0.6 is 0 Å². The molecule has 0 spiro atoms. The third kappa shape index (κ3) is 6.19. The van der Waals surface area contributed by atoms with Gasteiger partial charge in [0.05, 0.1) is 18.0 Å². The smallest absolute Gasteiger partial charge is 0.243 e. The number of nitrogens with zero attached hydrogens (tertiary/aromatic N) is 1. The van der Waals surface area contributed by atoms with Gasteiger partial charge in [0.15, 0.2) is 0 Å². The molecule has 0 aliphatic heterocycles. The van der Waals surface area contributed by atoms with Gasteiger partial charge in [0.1, 0.15) is 5.75 Å². The molecule has 23 heavy (non-hydrogen) atoms. The molecular formula is C16H26N2O4S. The Bertz CT molecular complexity index is 585. The van der Waals surface area contributed by atoms with Crippen LogP contribution in [0.15, 0.2) is 29.2 Å². The zero-order valence-electron chi connectivity index (χ0n) is 14.0. The molecular weight excluding hydrogens is 316 g/mol. The van der Waals surface area contributed by atoms with Gasteiger partial charge in [-0.25, -0.2) is 8.42 Å². The number of hydrogen-bond donors (Lipinski definition) is 1. The van der Waals surface area contributed by atoms with Crippen LogP contribution in [0.5, 0.6) is 5.75 Å². The molecule has 0 atom stereocenters. The Morgan fingerprint density at radius 1 is 1.17 bits per heavy atom. The number of amides is 1. The highest BCUT2D eigenvalue weighted by molar-refractivity contribution is 7.89. The Labute approximate surface area is 138 Å². The van der Waals surface area contributed by atoms with E-state index in [1.807, 2.05) is 6.92 Å². The monoisotopic (exact) mass is 342 g/mol. The zero-order valence-corrected chi connectivity index (χ0v) is 14.9. The molecule has 0 radical (unpaired) electrons. The predicted molar refractivity (Wildman–Crippen MR) is 90.0 cm³/mol. The zero-order chi connectivity index (χ0) is 17.3. The van der Waals surface area contributed by atoms with Gasteiger partial charge in [-0.2, -0.15) is 4.31 Å². The first-order valence-electron chi connectivity index (χ1n) is 7.87. The molecule has 1 amide bonds. The van der Waals surface area contributed by atoms with E-state index in [0.717, 1.165) is 23.6 Å². The van der Waals surface area contributed by atoms with E-state index >= 15 is 0 Å². The Morgan fingerprint density at radius 2 is 1.83 bits per heavy atom. The van der Waals surface area contributed by atoms with Crippen molar-refractivity contribution in [2.75, 3.05) is 26.7 Å². The molecule has 1 aromatic carbocycles. The highest BCUT2D eigenvalue weighted by Gasteiger charge is 2.22. The van der Waals surface area contributed by atoms with Crippen molar-refractivity contribution in [3.05, 3.63) is 24.3 Å². The molecule has 1 aromatic rings. The third-order valence-corrected chi connectivity index (χ3v) is 5.13. The van der Waals surface area contributed by atoms with Gasteiger partial charge < -0.3 is 10.1 Å². The molecule has 0 aliphatic carbocycles. The summed E-state index contributed by atoms with van der Waals surface area (Å²) in [7, 11) is -2.28. The summed E-state index contributed by atoms with van der Waals surface area (Å²) in [5.74, 6) is 0.320. The summed E-state index contributed by atoms with van der Waals surface area (Å²) in [6, 6.07) is 6.18. The molecule has 0 heterocycles. The van der Waals surface area contributed by atoms with Gasteiger partial charge in [0, 0.05) is 13.6 Å². The summed E-state index contributed by atoms with van der Waals surface area (Å²) in [5, 5.41) is 2.73. The molecule has 0 aromatic heterocycles. The largest absolute Gasteiger partial charge is 0.494 e. The highest BCUT2D eigenvalue weighted by Crippen LogP contribution is 2.18. The molecule has 130 valence electrons. The van der Waals surface area contributed by atoms with Crippen molar-refractivity contribution in [1.82, 2.24) is 9.62 Å². The fourth-order valence-electron chi connectivity index (χ4n) is 2.00. The van der Waals surface area contributed by atoms with Gasteiger partial charge in [-0.05, 0) is 37.6 Å². The van der Waals surface area contributed by atoms with E-state index in [9.17, 15) is 13.2 Å². The molecule has 7 heteroatoms. The second-order valence-electron chi connectivity index (χ2n) is 5.22. The Hall–Kier alpha value is -1.60. The topological polar surface area (TPSA) is 75.7 Å². The minimum absolute atomic E-state index is 0.141. The van der Waals surface area contributed by atoms with Crippen LogP contribution in [0, 0.1) is 0 Å². The van der Waals surface area contributed by atoms with Gasteiger partial charge >= 0.3 is 0 Å². The van der Waals surface area contributed by atoms with Crippen molar-refractivity contribution in [3.63, 3.8) is 0 Å². The Balaban J connectivity index is 2.62. The van der Waals surface area contributed by atoms with Crippen molar-refractivity contribution in [1.29, 1.82) is 0 Å². The van der Waals surface area contributed by atoms with E-state index in [1.165, 1.54) is 19.2 Å². The van der Waals surface area contributed by atoms with E-state index in [0.29, 0.717) is 18.9 Å². The molecule has 0 bridgehead atoms. The van der Waals surface area contributed by atoms with Crippen LogP contribution in [0.25, 0.3) is 0 Å². The van der Waals surface area contributed by atoms with Crippen LogP contribution in [-0.2, 0) is 14.8 Å². The first kappa shape index (κ1) is 19.4. The van der Waals surface area contributed by atoms with E-state index in [4.69, 9.17) is 4.74 Å². The number of sulfonamides is 1. The van der Waals surface area contributed by atoms with Crippen molar-refractivity contribution in [2.24, 2.45) is 0 Å². The summed E-state index contributed by atoms with van der Waals surface area (Å²) >= 11 is 0. The Kier molecular flexibility index (Phi) is 8.05. The molecule has 1 rings (SSSR count). The summed E-state index contributed by atoms with van der Waals surface area (Å²) in [4.78, 5) is 11.9. The van der Waals surface area contributed by atoms with E-state index < -0.39 is 10.0 Å². The van der Waals surface area contributed by atoms with E-state index in [1.54, 1.807) is 12.1 Å². The van der Waals surface area contributed by atoms with Crippen molar-refractivity contribution >= 4 is 15.9 Å². The normalized spacial score (nSPS) is 11.5. The number of carbonyl (C=O) groups is 1. The van der Waals surface area contributed by atoms with Gasteiger partial charge in [0.25, 0.3) is 0 Å². The van der Waals surface area contributed by atoms with Crippen LogP contribution in [-0.4, -0.2) is 45.4 Å². The molecule has 0 unspecified atom stereocenters. The minimum Gasteiger partial charge on any atom is -0.494 e. The lowest BCUT2D eigenvalue weighted by Crippen LogP contribution is -2.38. The van der Waals surface area contributed by atoms with Crippen LogP contribution in [0.4, 0.5) is 0 Å². The maximum absolute atomic E-state index is 12.4. The van der Waals surface area contributed by atoms with Crippen LogP contribution in [0.1, 0.15) is 33.1 Å². The molecule has 0 aliphatic rings. The quantitative estimate of drug-likeness (QED) is 0.660. The molecule has 6 nitrogen and oxygen atoms in total. The number of ether oxygens (including phenoxy) is 1. The maximum atomic E-state index is 12.4. The summed E-state index contributed by atoms with van der Waals surface area (Å²) in [6.45, 7) is 4.84. The average Bonchev–Trinajstić information content (AvgIpc) is 2.52. The van der Waals surface area contributed by atoms with Crippen LogP contribution in [0.2, 0.25) is 0 Å². The fraction of sp³-hybridized carbons (Fsp3) is 0.562. The molecule has 0 saturated heterocycles. The number of benzene rings is 1. The number of nitrogens with one attached hydrogen (secondary N) is 1. The number of unbranched alkanes of at least 4 members (excludes halogenated alkanes) is 2. The first-order valence-corrected chi connectivity index (χ1v) is 9.31. The van der Waals surface area contributed by atoms with Gasteiger partial charge in [0.2, 0.25) is 15.9 Å². The number of hydrogen-bond acceptors (Lipinski definition) is 4. The number of carbonyl (C=O) groups excluding carboxylic acids is 1. The second kappa shape index (κ2) is 9.52. The summed E-state index contributed by atoms with van der Waals surface area (Å²) in [5.41, 5.74) is 0. The van der Waals surface area contributed by atoms with Crippen LogP contribution < -0.4 is 10.1 Å². The SMILES string of the molecule is CCCCCNC(=O)CN(C)S(=O)(=O)c1ccc(OCC)cc1. The predicted octanol–water partition coefficient (Wildman–Crippen LogP) is 2.01. The van der Waals surface area contributed by atoms with Crippen LogP contribution in [0.3, 0.4) is 0 Å². The summed E-state index contributed by atoms with van der Waals surface area (Å²) < 4.78 is 31.2. The molecule has 0 saturated carbocycles. The lowest BCUT2D eigenvalue weighted by atomic mass is 10.2. The van der Waals surface area contributed by atoms with Gasteiger partial charge in [-0.15, -0.1) is 0 Å². The number of likely N-dealkylation sites (N-methyl/N-ethyl adjacent to an activating group) is 1. The second-order valence-corrected chi connectivity index (χ2v) is 7.27. The highest BCUT2D eigenvalue weighted by atomic mass is 32.2. The Morgan fingerprint density at radius 3 is 2.39 bits per heavy atom. The molecule has 0 fully saturated rings. The van der Waals surface area contributed by atoms with Gasteiger partial charge in [-0.3, -0.25) is 4.79 Å². The standard InChI is InChI=1S/C16H26N2O4S/c1-4-6-7-12-17-16(19)13-18(3)23(20,21)15-10-8-14(9-11-15)22-5-2/h8-11H,4-7,12-13H2,1-3H3,(H,17,19). The lowest BCUT2D eigenvalue weighted by Gasteiger charge is -2.17. The first-order chi connectivity index (χ1) is 10.9. The van der Waals surface area contributed by atoms with E-state index in [2.05, 4.69) is 12.2 Å². The minimum atomic E-state index is -3.68. The van der Waals surface area contributed by atoms with Crippen molar-refractivity contribution < 1.29 is 17.9 Å². The average molecular weight is 342 g/mol. The molecule has 1 N–H and O–H groups in total. The maximum Gasteiger partial charge on any atom is 0.243 e. The van der Waals surface area contributed by atoms with E-state index in [-0.39, 0.29) is 17.3 Å². The van der Waals surface area contributed by atoms with Crippen molar-refractivity contribution in [3.8, 4) is 5.75 Å². The fourth-order valence-corrected chi connectivity index (χ4v) is 3.13. The lowest BCUT2D eigenvalue weighted by molar-refractivity contribution is -0.121. The van der Waals surface area contributed by atoms with Gasteiger partial charge in [-0.1, -0.05) is 19.8 Å². The third-order valence-electron chi connectivity index (χ3n) is 3.31. The van der Waals surface area contributed by atoms with Crippen molar-refractivity contribution in [2.45, 2.75) is 38.0 Å².